The molecule has 0 fully saturated rings. The molecule has 0 aliphatic rings. The summed E-state index contributed by atoms with van der Waals surface area (Å²) in [5, 5.41) is 18.4. The monoisotopic (exact) mass is 330 g/mol. The van der Waals surface area contributed by atoms with Crippen molar-refractivity contribution in [3.8, 4) is 29.0 Å². The minimum absolute atomic E-state index is 0.123. The number of nitriles is 2. The van der Waals surface area contributed by atoms with Crippen molar-refractivity contribution in [1.29, 1.82) is 10.5 Å². The van der Waals surface area contributed by atoms with Crippen molar-refractivity contribution in [2.24, 2.45) is 0 Å². The first-order valence-corrected chi connectivity index (χ1v) is 6.92. The highest BCUT2D eigenvalue weighted by Gasteiger charge is 2.21. The van der Waals surface area contributed by atoms with Crippen LogP contribution < -0.4 is 16.0 Å². The van der Waals surface area contributed by atoms with Crippen LogP contribution in [0.3, 0.4) is 0 Å². The molecule has 0 radical (unpaired) electrons. The number of nitrogen functional groups attached to an aromatic ring is 1. The van der Waals surface area contributed by atoms with Crippen LogP contribution in [-0.4, -0.2) is 11.6 Å². The van der Waals surface area contributed by atoms with Gasteiger partial charge in [0, 0.05) is 5.56 Å². The Labute approximate surface area is 135 Å². The number of halogens is 2. The number of pyridine rings is 1. The van der Waals surface area contributed by atoms with Crippen LogP contribution in [0.2, 0.25) is 0 Å². The topological polar surface area (TPSA) is 116 Å². The number of rotatable bonds is 4. The molecule has 1 aromatic carbocycles. The molecule has 0 atom stereocenters. The van der Waals surface area contributed by atoms with Gasteiger partial charge in [-0.3, -0.25) is 4.79 Å². The molecule has 0 unspecified atom stereocenters. The Bertz CT molecular complexity index is 916. The van der Waals surface area contributed by atoms with Gasteiger partial charge in [0.2, 0.25) is 0 Å². The highest BCUT2D eigenvalue weighted by molar-refractivity contribution is 5.80. The molecular weight excluding hydrogens is 318 g/mol. The van der Waals surface area contributed by atoms with Gasteiger partial charge in [0.1, 0.15) is 29.1 Å². The number of nitrogens with one attached hydrogen (secondary N) is 1. The Morgan fingerprint density at radius 2 is 1.79 bits per heavy atom. The molecule has 0 spiro atoms. The van der Waals surface area contributed by atoms with Gasteiger partial charge in [-0.05, 0) is 24.1 Å². The van der Waals surface area contributed by atoms with E-state index in [2.05, 4.69) is 4.98 Å². The van der Waals surface area contributed by atoms with Gasteiger partial charge in [-0.15, -0.1) is 0 Å². The van der Waals surface area contributed by atoms with Crippen molar-refractivity contribution in [3.63, 3.8) is 0 Å². The molecule has 8 heteroatoms. The van der Waals surface area contributed by atoms with Gasteiger partial charge in [0.05, 0.1) is 6.61 Å². The number of nitrogens with two attached hydrogens (primary N) is 1. The predicted molar refractivity (Wildman–Crippen MR) is 82.0 cm³/mol. The lowest BCUT2D eigenvalue weighted by molar-refractivity contribution is 0.285. The highest BCUT2D eigenvalue weighted by Crippen LogP contribution is 2.33. The zero-order valence-corrected chi connectivity index (χ0v) is 12.6. The zero-order chi connectivity index (χ0) is 17.9. The van der Waals surface area contributed by atoms with Gasteiger partial charge >= 0.3 is 0 Å². The van der Waals surface area contributed by atoms with Crippen LogP contribution in [0.5, 0.6) is 5.75 Å². The fourth-order valence-corrected chi connectivity index (χ4v) is 2.18. The van der Waals surface area contributed by atoms with Crippen LogP contribution in [0, 0.1) is 34.3 Å². The number of benzene rings is 1. The van der Waals surface area contributed by atoms with Crippen molar-refractivity contribution in [2.75, 3.05) is 12.3 Å². The first-order chi connectivity index (χ1) is 11.4. The Morgan fingerprint density at radius 1 is 1.21 bits per heavy atom. The predicted octanol–water partition coefficient (Wildman–Crippen LogP) is 2.43. The van der Waals surface area contributed by atoms with Gasteiger partial charge in [-0.25, -0.2) is 8.78 Å². The molecule has 2 rings (SSSR count). The standard InChI is InChI=1S/C16H12F2N4O2/c1-2-3-24-14-11(17)4-8(5-12(14)18)13-9(6-19)15(21)22-16(23)10(13)7-20/h4-5H,2-3H2,1H3,(H3,21,22,23). The summed E-state index contributed by atoms with van der Waals surface area (Å²) in [6.45, 7) is 1.90. The maximum atomic E-state index is 14.1. The fourth-order valence-electron chi connectivity index (χ4n) is 2.18. The molecule has 0 saturated carbocycles. The first-order valence-electron chi connectivity index (χ1n) is 6.92. The molecule has 1 aromatic heterocycles. The van der Waals surface area contributed by atoms with E-state index in [-0.39, 0.29) is 29.1 Å². The highest BCUT2D eigenvalue weighted by atomic mass is 19.1. The molecule has 2 aromatic rings. The van der Waals surface area contributed by atoms with Gasteiger partial charge < -0.3 is 15.5 Å². The summed E-state index contributed by atoms with van der Waals surface area (Å²) in [7, 11) is 0. The third-order valence-corrected chi connectivity index (χ3v) is 3.21. The second-order valence-corrected chi connectivity index (χ2v) is 4.83. The minimum Gasteiger partial charge on any atom is -0.488 e. The molecule has 3 N–H and O–H groups in total. The number of ether oxygens (including phenoxy) is 1. The van der Waals surface area contributed by atoms with E-state index >= 15 is 0 Å². The van der Waals surface area contributed by atoms with Crippen molar-refractivity contribution in [3.05, 3.63) is 45.2 Å². The van der Waals surface area contributed by atoms with Crippen LogP contribution in [0.4, 0.5) is 14.6 Å². The third kappa shape index (κ3) is 2.90. The minimum atomic E-state index is -1.01. The SMILES string of the molecule is CCCOc1c(F)cc(-c2c(C#N)c(N)[nH]c(=O)c2C#N)cc1F. The largest absolute Gasteiger partial charge is 0.488 e. The average molecular weight is 330 g/mol. The fraction of sp³-hybridized carbons (Fsp3) is 0.188. The van der Waals surface area contributed by atoms with E-state index in [0.29, 0.717) is 6.42 Å². The van der Waals surface area contributed by atoms with E-state index in [1.54, 1.807) is 19.1 Å². The second-order valence-electron chi connectivity index (χ2n) is 4.83. The van der Waals surface area contributed by atoms with Gasteiger partial charge in [-0.1, -0.05) is 6.92 Å². The maximum Gasteiger partial charge on any atom is 0.268 e. The van der Waals surface area contributed by atoms with Crippen LogP contribution in [0.1, 0.15) is 24.5 Å². The number of H-pyrrole nitrogens is 1. The van der Waals surface area contributed by atoms with Gasteiger partial charge in [0.25, 0.3) is 5.56 Å². The molecule has 0 amide bonds. The molecule has 6 nitrogen and oxygen atoms in total. The van der Waals surface area contributed by atoms with Crippen LogP contribution in [0.25, 0.3) is 11.1 Å². The smallest absolute Gasteiger partial charge is 0.268 e. The van der Waals surface area contributed by atoms with Crippen molar-refractivity contribution in [1.82, 2.24) is 4.98 Å². The van der Waals surface area contributed by atoms with Crippen LogP contribution >= 0.6 is 0 Å². The van der Waals surface area contributed by atoms with E-state index in [0.717, 1.165) is 12.1 Å². The lowest BCUT2D eigenvalue weighted by Gasteiger charge is -2.12. The molecule has 0 aliphatic carbocycles. The lowest BCUT2D eigenvalue weighted by atomic mass is 9.96. The number of hydrogen-bond acceptors (Lipinski definition) is 5. The Kier molecular flexibility index (Phi) is 4.81. The van der Waals surface area contributed by atoms with E-state index in [1.165, 1.54) is 0 Å². The van der Waals surface area contributed by atoms with E-state index in [9.17, 15) is 18.8 Å². The van der Waals surface area contributed by atoms with E-state index in [4.69, 9.17) is 15.7 Å². The Balaban J connectivity index is 2.77. The number of hydrogen-bond donors (Lipinski definition) is 2. The van der Waals surface area contributed by atoms with Crippen LogP contribution in [-0.2, 0) is 0 Å². The molecule has 0 saturated heterocycles. The first kappa shape index (κ1) is 17.0. The summed E-state index contributed by atoms with van der Waals surface area (Å²) < 4.78 is 33.3. The average Bonchev–Trinajstić information content (AvgIpc) is 2.53. The number of anilines is 1. The van der Waals surface area contributed by atoms with Gasteiger partial charge in [0.15, 0.2) is 17.4 Å². The van der Waals surface area contributed by atoms with Crippen LogP contribution in [0.15, 0.2) is 16.9 Å². The summed E-state index contributed by atoms with van der Waals surface area (Å²) in [4.78, 5) is 14.0. The van der Waals surface area contributed by atoms with Crippen molar-refractivity contribution in [2.45, 2.75) is 13.3 Å². The summed E-state index contributed by atoms with van der Waals surface area (Å²) in [5.74, 6) is -2.87. The quantitative estimate of drug-likeness (QED) is 0.893. The third-order valence-electron chi connectivity index (χ3n) is 3.21. The molecule has 0 aliphatic heterocycles. The Morgan fingerprint density at radius 3 is 2.29 bits per heavy atom. The molecule has 1 heterocycles. The summed E-state index contributed by atoms with van der Waals surface area (Å²) >= 11 is 0. The molecule has 0 bridgehead atoms. The normalized spacial score (nSPS) is 10.0. The summed E-state index contributed by atoms with van der Waals surface area (Å²) in [6.07, 6.45) is 0.558. The number of nitrogens with zero attached hydrogens (tertiary/aromatic N) is 2. The van der Waals surface area contributed by atoms with Gasteiger partial charge in [-0.2, -0.15) is 10.5 Å². The molecular formula is C16H12F2N4O2. The Hall–Kier alpha value is -3.39. The second kappa shape index (κ2) is 6.80. The number of aromatic nitrogens is 1. The molecule has 122 valence electrons. The summed E-state index contributed by atoms with van der Waals surface area (Å²) in [6, 6.07) is 5.14. The maximum absolute atomic E-state index is 14.1. The molecule has 24 heavy (non-hydrogen) atoms. The van der Waals surface area contributed by atoms with E-state index in [1.807, 2.05) is 0 Å². The number of aromatic amines is 1. The summed E-state index contributed by atoms with van der Waals surface area (Å²) in [5.41, 5.74) is 3.64. The van der Waals surface area contributed by atoms with Crippen molar-refractivity contribution < 1.29 is 13.5 Å². The lowest BCUT2D eigenvalue weighted by Crippen LogP contribution is -2.16. The van der Waals surface area contributed by atoms with E-state index < -0.39 is 28.5 Å². The zero-order valence-electron chi connectivity index (χ0n) is 12.6. The van der Waals surface area contributed by atoms with Crippen molar-refractivity contribution >= 4 is 5.82 Å².